The van der Waals surface area contributed by atoms with Crippen molar-refractivity contribution in [3.05, 3.63) is 12.7 Å². The van der Waals surface area contributed by atoms with Gasteiger partial charge in [-0.25, -0.2) is 4.79 Å². The van der Waals surface area contributed by atoms with Crippen molar-refractivity contribution in [2.75, 3.05) is 34.4 Å². The Kier molecular flexibility index (Phi) is 4.71. The van der Waals surface area contributed by atoms with E-state index in [2.05, 4.69) is 6.58 Å². The van der Waals surface area contributed by atoms with Gasteiger partial charge >= 0.3 is 13.3 Å². The fourth-order valence-electron chi connectivity index (χ4n) is 1.30. The Morgan fingerprint density at radius 1 is 1.60 bits per heavy atom. The van der Waals surface area contributed by atoms with Gasteiger partial charge in [-0.1, -0.05) is 6.58 Å². The molecule has 0 aromatic carbocycles. The van der Waals surface area contributed by atoms with Gasteiger partial charge in [0.15, 0.2) is 5.78 Å². The van der Waals surface area contributed by atoms with Crippen LogP contribution in [0.15, 0.2) is 12.7 Å². The maximum Gasteiger partial charge on any atom is 0.335 e. The number of nitrogens with zero attached hydrogens (tertiary/aromatic N) is 1. The van der Waals surface area contributed by atoms with Crippen molar-refractivity contribution in [2.45, 2.75) is 5.78 Å². The summed E-state index contributed by atoms with van der Waals surface area (Å²) in [6, 6.07) is 0. The standard InChI is InChI=1S/C9H19NO4P/c1-6-9(12)14-15(5,13)8(7-11)10(2,3)4/h6,8,11H,1,7H2,2-5H3/q+1. The van der Waals surface area contributed by atoms with Crippen molar-refractivity contribution in [1.82, 2.24) is 0 Å². The number of aliphatic hydroxyl groups excluding tert-OH is 1. The number of hydrogen-bond donors (Lipinski definition) is 1. The Bertz CT molecular complexity index is 295. The lowest BCUT2D eigenvalue weighted by Crippen LogP contribution is -2.47. The number of hydrogen-bond acceptors (Lipinski definition) is 4. The maximum atomic E-state index is 12.1. The van der Waals surface area contributed by atoms with E-state index in [4.69, 9.17) is 4.52 Å². The molecule has 6 heteroatoms. The van der Waals surface area contributed by atoms with E-state index in [1.165, 1.54) is 6.66 Å². The summed E-state index contributed by atoms with van der Waals surface area (Å²) >= 11 is 0. The first-order valence-corrected chi connectivity index (χ1v) is 6.64. The molecule has 0 heterocycles. The van der Waals surface area contributed by atoms with Gasteiger partial charge in [-0.3, -0.25) is 4.57 Å². The first-order chi connectivity index (χ1) is 6.65. The Labute approximate surface area is 90.4 Å². The van der Waals surface area contributed by atoms with Gasteiger partial charge in [0.1, 0.15) is 6.61 Å². The number of carbonyl (C=O) groups excluding carboxylic acids is 1. The zero-order valence-electron chi connectivity index (χ0n) is 9.64. The average Bonchev–Trinajstić information content (AvgIpc) is 2.00. The van der Waals surface area contributed by atoms with Crippen LogP contribution in [0.3, 0.4) is 0 Å². The minimum Gasteiger partial charge on any atom is -0.404 e. The molecular formula is C9H19NO4P+. The Morgan fingerprint density at radius 2 is 2.07 bits per heavy atom. The third-order valence-electron chi connectivity index (χ3n) is 2.04. The van der Waals surface area contributed by atoms with Gasteiger partial charge in [0, 0.05) is 12.7 Å². The highest BCUT2D eigenvalue weighted by Crippen LogP contribution is 2.50. The lowest BCUT2D eigenvalue weighted by Gasteiger charge is -2.35. The molecule has 88 valence electrons. The molecule has 0 bridgehead atoms. The van der Waals surface area contributed by atoms with Crippen LogP contribution in [0.25, 0.3) is 0 Å². The highest BCUT2D eigenvalue weighted by atomic mass is 31.2. The predicted molar refractivity (Wildman–Crippen MR) is 58.7 cm³/mol. The van der Waals surface area contributed by atoms with Gasteiger partial charge in [0.2, 0.25) is 0 Å². The number of likely N-dealkylation sites (N-methyl/N-ethyl adjacent to an activating group) is 1. The number of quaternary nitrogens is 1. The fraction of sp³-hybridized carbons (Fsp3) is 0.667. The minimum absolute atomic E-state index is 0.259. The molecule has 5 nitrogen and oxygen atoms in total. The van der Waals surface area contributed by atoms with Crippen molar-refractivity contribution in [2.24, 2.45) is 0 Å². The topological polar surface area (TPSA) is 63.6 Å². The van der Waals surface area contributed by atoms with Crippen molar-refractivity contribution in [3.8, 4) is 0 Å². The van der Waals surface area contributed by atoms with E-state index in [1.54, 1.807) is 21.1 Å². The molecule has 0 saturated carbocycles. The van der Waals surface area contributed by atoms with Crippen molar-refractivity contribution >= 4 is 13.3 Å². The lowest BCUT2D eigenvalue weighted by molar-refractivity contribution is -0.883. The van der Waals surface area contributed by atoms with Crippen LogP contribution in [0.4, 0.5) is 0 Å². The lowest BCUT2D eigenvalue weighted by atomic mass is 10.5. The number of carbonyl (C=O) groups is 1. The zero-order chi connectivity index (χ0) is 12.3. The van der Waals surface area contributed by atoms with E-state index in [0.717, 1.165) is 6.08 Å². The summed E-state index contributed by atoms with van der Waals surface area (Å²) in [5.41, 5.74) is 0. The average molecular weight is 236 g/mol. The fourth-order valence-corrected chi connectivity index (χ4v) is 3.41. The number of aliphatic hydroxyl groups is 1. The largest absolute Gasteiger partial charge is 0.404 e. The van der Waals surface area contributed by atoms with Crippen LogP contribution in [0, 0.1) is 0 Å². The molecule has 2 atom stereocenters. The Balaban J connectivity index is 4.90. The molecule has 0 aromatic heterocycles. The normalized spacial score (nSPS) is 17.7. The molecular weight excluding hydrogens is 217 g/mol. The summed E-state index contributed by atoms with van der Waals surface area (Å²) in [5.74, 6) is -1.35. The third-order valence-corrected chi connectivity index (χ3v) is 4.52. The highest BCUT2D eigenvalue weighted by molar-refractivity contribution is 7.59. The second kappa shape index (κ2) is 4.92. The molecule has 0 spiro atoms. The third kappa shape index (κ3) is 4.16. The van der Waals surface area contributed by atoms with Crippen molar-refractivity contribution in [3.63, 3.8) is 0 Å². The molecule has 0 fully saturated rings. The zero-order valence-corrected chi connectivity index (χ0v) is 10.5. The molecule has 0 aliphatic heterocycles. The monoisotopic (exact) mass is 236 g/mol. The molecule has 0 amide bonds. The van der Waals surface area contributed by atoms with Crippen LogP contribution in [-0.2, 0) is 13.9 Å². The molecule has 0 aliphatic carbocycles. The minimum atomic E-state index is -3.20. The van der Waals surface area contributed by atoms with Gasteiger partial charge < -0.3 is 14.1 Å². The van der Waals surface area contributed by atoms with E-state index in [0.29, 0.717) is 0 Å². The highest BCUT2D eigenvalue weighted by Gasteiger charge is 2.41. The molecule has 2 unspecified atom stereocenters. The second-order valence-corrected chi connectivity index (χ2v) is 6.90. The van der Waals surface area contributed by atoms with Gasteiger partial charge in [0.05, 0.1) is 21.1 Å². The van der Waals surface area contributed by atoms with Crippen molar-refractivity contribution < 1.29 is 23.5 Å². The van der Waals surface area contributed by atoms with Crippen LogP contribution in [0.5, 0.6) is 0 Å². The van der Waals surface area contributed by atoms with Crippen LogP contribution < -0.4 is 0 Å². The van der Waals surface area contributed by atoms with E-state index >= 15 is 0 Å². The van der Waals surface area contributed by atoms with E-state index in [1.807, 2.05) is 0 Å². The smallest absolute Gasteiger partial charge is 0.335 e. The molecule has 0 saturated heterocycles. The van der Waals surface area contributed by atoms with E-state index in [-0.39, 0.29) is 11.1 Å². The summed E-state index contributed by atoms with van der Waals surface area (Å²) < 4.78 is 17.1. The van der Waals surface area contributed by atoms with Crippen LogP contribution in [-0.4, -0.2) is 55.8 Å². The maximum absolute atomic E-state index is 12.1. The molecule has 0 radical (unpaired) electrons. The quantitative estimate of drug-likeness (QED) is 0.432. The molecule has 0 rings (SSSR count). The SMILES string of the molecule is C=CC(=O)OP(C)(=O)C(CO)[N+](C)(C)C. The van der Waals surface area contributed by atoms with Crippen LogP contribution >= 0.6 is 7.37 Å². The molecule has 1 N–H and O–H groups in total. The summed E-state index contributed by atoms with van der Waals surface area (Å²) in [7, 11) is 2.13. The number of rotatable bonds is 5. The van der Waals surface area contributed by atoms with Gasteiger partial charge in [0.25, 0.3) is 0 Å². The summed E-state index contributed by atoms with van der Waals surface area (Å²) in [5, 5.41) is 9.18. The van der Waals surface area contributed by atoms with Gasteiger partial charge in [-0.15, -0.1) is 0 Å². The molecule has 0 aliphatic rings. The summed E-state index contributed by atoms with van der Waals surface area (Å²) in [6.07, 6.45) is 0.959. The Morgan fingerprint density at radius 3 is 2.33 bits per heavy atom. The van der Waals surface area contributed by atoms with Crippen LogP contribution in [0.1, 0.15) is 0 Å². The van der Waals surface area contributed by atoms with Crippen molar-refractivity contribution in [1.29, 1.82) is 0 Å². The van der Waals surface area contributed by atoms with Gasteiger partial charge in [-0.05, 0) is 0 Å². The molecule has 15 heavy (non-hydrogen) atoms. The molecule has 0 aromatic rings. The first-order valence-electron chi connectivity index (χ1n) is 4.50. The first kappa shape index (κ1) is 14.4. The second-order valence-electron chi connectivity index (χ2n) is 4.30. The van der Waals surface area contributed by atoms with E-state index in [9.17, 15) is 14.5 Å². The van der Waals surface area contributed by atoms with Crippen LogP contribution in [0.2, 0.25) is 0 Å². The predicted octanol–water partition coefficient (Wildman–Crippen LogP) is 0.648. The summed E-state index contributed by atoms with van der Waals surface area (Å²) in [6.45, 7) is 4.27. The van der Waals surface area contributed by atoms with E-state index < -0.39 is 19.1 Å². The van der Waals surface area contributed by atoms with Gasteiger partial charge in [-0.2, -0.15) is 0 Å². The Hall–Kier alpha value is -0.640. The summed E-state index contributed by atoms with van der Waals surface area (Å²) in [4.78, 5) is 11.0.